The molecule has 0 aliphatic carbocycles. The highest BCUT2D eigenvalue weighted by atomic mass is 16.7. The molecule has 0 aromatic rings. The van der Waals surface area contributed by atoms with E-state index in [-0.39, 0.29) is 0 Å². The van der Waals surface area contributed by atoms with Crippen LogP contribution in [-0.2, 0) is 23.8 Å². The van der Waals surface area contributed by atoms with E-state index in [2.05, 4.69) is 10.6 Å². The minimum atomic E-state index is -1.66. The lowest BCUT2D eigenvalue weighted by Crippen LogP contribution is -2.69. The topological polar surface area (TPSA) is 207 Å². The molecular formula is C16H28N2O11. The number of carbonyl (C=O) groups excluding carboxylic acids is 2. The van der Waals surface area contributed by atoms with Crippen LogP contribution in [0.3, 0.4) is 0 Å². The zero-order valence-corrected chi connectivity index (χ0v) is 15.9. The number of ether oxygens (including phenoxy) is 3. The quantitative estimate of drug-likeness (QED) is 0.202. The van der Waals surface area contributed by atoms with Crippen LogP contribution in [0.5, 0.6) is 0 Å². The Morgan fingerprint density at radius 1 is 0.828 bits per heavy atom. The van der Waals surface area contributed by atoms with E-state index in [0.717, 1.165) is 13.8 Å². The van der Waals surface area contributed by atoms with Crippen molar-refractivity contribution in [2.24, 2.45) is 0 Å². The third-order valence-corrected chi connectivity index (χ3v) is 4.78. The molecule has 29 heavy (non-hydrogen) atoms. The van der Waals surface area contributed by atoms with Crippen LogP contribution in [0.15, 0.2) is 0 Å². The van der Waals surface area contributed by atoms with Crippen molar-refractivity contribution in [2.75, 3.05) is 13.2 Å². The summed E-state index contributed by atoms with van der Waals surface area (Å²) < 4.78 is 16.2. The molecule has 0 aromatic heterocycles. The van der Waals surface area contributed by atoms with Crippen LogP contribution in [0, 0.1) is 0 Å². The van der Waals surface area contributed by atoms with Gasteiger partial charge in [-0.25, -0.2) is 0 Å². The van der Waals surface area contributed by atoms with Crippen LogP contribution in [0.4, 0.5) is 0 Å². The second-order valence-corrected chi connectivity index (χ2v) is 7.00. The third kappa shape index (κ3) is 5.39. The SMILES string of the molecule is CC(=O)N[C@@H]1[C@@H](O[C@@H]2O[C@H](CO)[C@@H](O)[C@H](O)[C@H]2NC(C)=O)[C@@H](O)[C@@H](CO)O[C@@H]1O. The van der Waals surface area contributed by atoms with E-state index in [4.69, 9.17) is 14.2 Å². The first kappa shape index (κ1) is 23.9. The van der Waals surface area contributed by atoms with Gasteiger partial charge in [0.15, 0.2) is 12.6 Å². The Morgan fingerprint density at radius 3 is 1.86 bits per heavy atom. The summed E-state index contributed by atoms with van der Waals surface area (Å²) in [4.78, 5) is 23.0. The highest BCUT2D eigenvalue weighted by Crippen LogP contribution is 2.28. The van der Waals surface area contributed by atoms with Gasteiger partial charge >= 0.3 is 0 Å². The Balaban J connectivity index is 2.31. The van der Waals surface area contributed by atoms with Crippen LogP contribution in [0.2, 0.25) is 0 Å². The average molecular weight is 424 g/mol. The Labute approximate surface area is 166 Å². The summed E-state index contributed by atoms with van der Waals surface area (Å²) >= 11 is 0. The van der Waals surface area contributed by atoms with Gasteiger partial charge in [-0.15, -0.1) is 0 Å². The fraction of sp³-hybridized carbons (Fsp3) is 0.875. The minimum absolute atomic E-state index is 0.576. The van der Waals surface area contributed by atoms with Crippen molar-refractivity contribution in [1.29, 1.82) is 0 Å². The van der Waals surface area contributed by atoms with E-state index in [9.17, 15) is 40.2 Å². The first-order chi connectivity index (χ1) is 13.6. The average Bonchev–Trinajstić information content (AvgIpc) is 2.65. The van der Waals surface area contributed by atoms with E-state index >= 15 is 0 Å². The molecule has 10 atom stereocenters. The van der Waals surface area contributed by atoms with Crippen molar-refractivity contribution in [3.8, 4) is 0 Å². The van der Waals surface area contributed by atoms with Crippen molar-refractivity contribution < 1.29 is 54.4 Å². The summed E-state index contributed by atoms with van der Waals surface area (Å²) in [5.74, 6) is -1.16. The Bertz CT molecular complexity index is 579. The van der Waals surface area contributed by atoms with E-state index in [0.29, 0.717) is 0 Å². The largest absolute Gasteiger partial charge is 0.394 e. The summed E-state index contributed by atoms with van der Waals surface area (Å²) in [5, 5.41) is 64.5. The van der Waals surface area contributed by atoms with Gasteiger partial charge in [-0.2, -0.15) is 0 Å². The maximum atomic E-state index is 11.5. The highest BCUT2D eigenvalue weighted by molar-refractivity contribution is 5.73. The molecule has 0 saturated carbocycles. The van der Waals surface area contributed by atoms with Gasteiger partial charge < -0.3 is 55.5 Å². The molecule has 2 heterocycles. The number of aliphatic hydroxyl groups is 6. The molecule has 168 valence electrons. The molecule has 2 saturated heterocycles. The van der Waals surface area contributed by atoms with Gasteiger partial charge in [0.05, 0.1) is 13.2 Å². The molecule has 2 aliphatic heterocycles. The summed E-state index contributed by atoms with van der Waals surface area (Å²) in [6.07, 6.45) is -11.8. The first-order valence-corrected chi connectivity index (χ1v) is 9.05. The van der Waals surface area contributed by atoms with Gasteiger partial charge in [-0.3, -0.25) is 9.59 Å². The number of hydrogen-bond acceptors (Lipinski definition) is 11. The molecule has 0 unspecified atom stereocenters. The number of nitrogens with one attached hydrogen (secondary N) is 2. The lowest BCUT2D eigenvalue weighted by Gasteiger charge is -2.47. The Hall–Kier alpha value is -1.42. The molecular weight excluding hydrogens is 396 g/mol. The predicted molar refractivity (Wildman–Crippen MR) is 91.8 cm³/mol. The zero-order chi connectivity index (χ0) is 21.9. The fourth-order valence-corrected chi connectivity index (χ4v) is 3.38. The minimum Gasteiger partial charge on any atom is -0.394 e. The maximum absolute atomic E-state index is 11.5. The summed E-state index contributed by atoms with van der Waals surface area (Å²) in [6, 6.07) is -2.59. The van der Waals surface area contributed by atoms with Crippen LogP contribution in [0.1, 0.15) is 13.8 Å². The number of amides is 2. The molecule has 13 nitrogen and oxygen atoms in total. The van der Waals surface area contributed by atoms with E-state index in [1.807, 2.05) is 0 Å². The molecule has 8 N–H and O–H groups in total. The van der Waals surface area contributed by atoms with Crippen LogP contribution < -0.4 is 10.6 Å². The lowest BCUT2D eigenvalue weighted by molar-refractivity contribution is -0.323. The van der Waals surface area contributed by atoms with E-state index < -0.39 is 86.3 Å². The number of carbonyl (C=O) groups is 2. The summed E-state index contributed by atoms with van der Waals surface area (Å²) in [7, 11) is 0. The van der Waals surface area contributed by atoms with Crippen LogP contribution in [-0.4, -0.2) is 117 Å². The van der Waals surface area contributed by atoms with E-state index in [1.165, 1.54) is 0 Å². The molecule has 2 aliphatic rings. The zero-order valence-electron chi connectivity index (χ0n) is 15.9. The van der Waals surface area contributed by atoms with E-state index in [1.54, 1.807) is 0 Å². The predicted octanol–water partition coefficient (Wildman–Crippen LogP) is -5.11. The summed E-state index contributed by atoms with van der Waals surface area (Å²) in [5.41, 5.74) is 0. The number of rotatable bonds is 6. The Kier molecular flexibility index (Phi) is 8.28. The number of aliphatic hydroxyl groups excluding tert-OH is 6. The normalized spacial score (nSPS) is 42.9. The third-order valence-electron chi connectivity index (χ3n) is 4.78. The van der Waals surface area contributed by atoms with Crippen molar-refractivity contribution >= 4 is 11.8 Å². The smallest absolute Gasteiger partial charge is 0.217 e. The molecule has 2 rings (SSSR count). The second-order valence-electron chi connectivity index (χ2n) is 7.00. The van der Waals surface area contributed by atoms with Crippen LogP contribution in [0.25, 0.3) is 0 Å². The monoisotopic (exact) mass is 424 g/mol. The summed E-state index contributed by atoms with van der Waals surface area (Å²) in [6.45, 7) is 0.959. The lowest BCUT2D eigenvalue weighted by atomic mass is 9.94. The first-order valence-electron chi connectivity index (χ1n) is 9.05. The maximum Gasteiger partial charge on any atom is 0.217 e. The van der Waals surface area contributed by atoms with Gasteiger partial charge in [0.2, 0.25) is 11.8 Å². The van der Waals surface area contributed by atoms with Gasteiger partial charge in [-0.05, 0) is 0 Å². The Morgan fingerprint density at radius 2 is 1.34 bits per heavy atom. The van der Waals surface area contributed by atoms with Crippen molar-refractivity contribution in [1.82, 2.24) is 10.6 Å². The molecule has 13 heteroatoms. The van der Waals surface area contributed by atoms with Gasteiger partial charge in [0.1, 0.15) is 48.7 Å². The highest BCUT2D eigenvalue weighted by Gasteiger charge is 2.51. The molecule has 0 aromatic carbocycles. The van der Waals surface area contributed by atoms with Crippen LogP contribution >= 0.6 is 0 Å². The second kappa shape index (κ2) is 10.1. The van der Waals surface area contributed by atoms with Gasteiger partial charge in [0, 0.05) is 13.8 Å². The van der Waals surface area contributed by atoms with Gasteiger partial charge in [-0.1, -0.05) is 0 Å². The number of hydrogen-bond donors (Lipinski definition) is 8. The van der Waals surface area contributed by atoms with Crippen molar-refractivity contribution in [3.05, 3.63) is 0 Å². The molecule has 2 fully saturated rings. The van der Waals surface area contributed by atoms with Crippen molar-refractivity contribution in [2.45, 2.75) is 75.1 Å². The van der Waals surface area contributed by atoms with Crippen molar-refractivity contribution in [3.63, 3.8) is 0 Å². The fourth-order valence-electron chi connectivity index (χ4n) is 3.38. The standard InChI is InChI=1S/C16H28N2O11/c1-5(21)17-9-13(25)11(23)7(3-19)28-16(9)29-14-10(18-6(2)22)15(26)27-8(4-20)12(14)24/h7-16,19-20,23-26H,3-4H2,1-2H3,(H,17,21)(H,18,22)/t7-,8-,9-,10-,11-,12+,13-,14-,15+,16+/m1/s1. The molecule has 0 spiro atoms. The molecule has 0 bridgehead atoms. The molecule has 0 radical (unpaired) electrons. The molecule has 2 amide bonds. The van der Waals surface area contributed by atoms with Gasteiger partial charge in [0.25, 0.3) is 0 Å².